The van der Waals surface area contributed by atoms with E-state index in [1.165, 1.54) is 12.1 Å². The lowest BCUT2D eigenvalue weighted by atomic mass is 10.2. The largest absolute Gasteiger partial charge is 0.487 e. The third kappa shape index (κ3) is 2.88. The van der Waals surface area contributed by atoms with Gasteiger partial charge in [0.2, 0.25) is 0 Å². The third-order valence-corrected chi connectivity index (χ3v) is 3.36. The molecule has 0 aliphatic rings. The minimum absolute atomic E-state index is 0.214. The van der Waals surface area contributed by atoms with E-state index in [2.05, 4.69) is 5.10 Å². The van der Waals surface area contributed by atoms with Crippen LogP contribution in [0.1, 0.15) is 17.0 Å². The first-order valence-corrected chi connectivity index (χ1v) is 6.20. The van der Waals surface area contributed by atoms with Crippen molar-refractivity contribution in [2.75, 3.05) is 0 Å². The molecule has 102 valence electrons. The van der Waals surface area contributed by atoms with Crippen molar-refractivity contribution < 1.29 is 9.13 Å². The van der Waals surface area contributed by atoms with Gasteiger partial charge in [0.05, 0.1) is 16.4 Å². The van der Waals surface area contributed by atoms with Crippen molar-refractivity contribution in [3.63, 3.8) is 0 Å². The summed E-state index contributed by atoms with van der Waals surface area (Å²) in [6.45, 7) is 2.30. The molecule has 2 rings (SSSR count). The number of aryl methyl sites for hydroxylation is 2. The first-order chi connectivity index (χ1) is 9.02. The van der Waals surface area contributed by atoms with Crippen LogP contribution in [-0.2, 0) is 20.2 Å². The van der Waals surface area contributed by atoms with Crippen LogP contribution in [0.2, 0.25) is 5.02 Å². The fourth-order valence-electron chi connectivity index (χ4n) is 1.83. The Hall–Kier alpha value is -1.59. The summed E-state index contributed by atoms with van der Waals surface area (Å²) >= 11 is 6.13. The van der Waals surface area contributed by atoms with E-state index in [1.54, 1.807) is 17.8 Å². The van der Waals surface area contributed by atoms with E-state index in [-0.39, 0.29) is 19.0 Å². The zero-order valence-electron chi connectivity index (χ0n) is 10.8. The molecule has 19 heavy (non-hydrogen) atoms. The van der Waals surface area contributed by atoms with E-state index in [1.807, 2.05) is 6.92 Å². The van der Waals surface area contributed by atoms with E-state index < -0.39 is 0 Å². The fraction of sp³-hybridized carbons (Fsp3) is 0.308. The molecule has 4 nitrogen and oxygen atoms in total. The first kappa shape index (κ1) is 13.8. The number of benzene rings is 1. The van der Waals surface area contributed by atoms with Crippen molar-refractivity contribution in [1.29, 1.82) is 0 Å². The summed E-state index contributed by atoms with van der Waals surface area (Å²) in [7, 11) is 1.80. The summed E-state index contributed by atoms with van der Waals surface area (Å²) < 4.78 is 20.4. The molecular formula is C13H15ClFN3O. The number of ether oxygens (including phenoxy) is 1. The molecule has 0 amide bonds. The summed E-state index contributed by atoms with van der Waals surface area (Å²) in [5.74, 6) is 0.223. The Morgan fingerprint density at radius 1 is 1.47 bits per heavy atom. The highest BCUT2D eigenvalue weighted by Crippen LogP contribution is 2.24. The smallest absolute Gasteiger partial charge is 0.131 e. The lowest BCUT2D eigenvalue weighted by Crippen LogP contribution is -2.06. The molecule has 0 fully saturated rings. The van der Waals surface area contributed by atoms with Gasteiger partial charge in [0.15, 0.2) is 0 Å². The Labute approximate surface area is 115 Å². The second kappa shape index (κ2) is 5.59. The number of hydrogen-bond donors (Lipinski definition) is 1. The molecule has 0 spiro atoms. The Balaban J connectivity index is 2.19. The number of nitrogens with two attached hydrogens (primary N) is 1. The van der Waals surface area contributed by atoms with Gasteiger partial charge in [-0.1, -0.05) is 11.6 Å². The molecule has 0 saturated heterocycles. The monoisotopic (exact) mass is 283 g/mol. The molecule has 1 aromatic heterocycles. The molecule has 2 aromatic rings. The molecule has 0 saturated carbocycles. The van der Waals surface area contributed by atoms with Crippen LogP contribution < -0.4 is 10.5 Å². The van der Waals surface area contributed by atoms with E-state index >= 15 is 0 Å². The minimum atomic E-state index is -0.331. The van der Waals surface area contributed by atoms with Crippen molar-refractivity contribution in [1.82, 2.24) is 9.78 Å². The lowest BCUT2D eigenvalue weighted by molar-refractivity contribution is 0.291. The van der Waals surface area contributed by atoms with Crippen LogP contribution in [0.3, 0.4) is 0 Å². The van der Waals surface area contributed by atoms with Gasteiger partial charge in [0, 0.05) is 19.2 Å². The molecule has 0 aliphatic carbocycles. The predicted molar refractivity (Wildman–Crippen MR) is 71.6 cm³/mol. The molecule has 0 unspecified atom stereocenters. The van der Waals surface area contributed by atoms with Crippen molar-refractivity contribution in [3.8, 4) is 5.75 Å². The zero-order chi connectivity index (χ0) is 14.0. The van der Waals surface area contributed by atoms with Crippen molar-refractivity contribution in [3.05, 3.63) is 46.0 Å². The van der Waals surface area contributed by atoms with E-state index in [0.29, 0.717) is 16.3 Å². The summed E-state index contributed by atoms with van der Waals surface area (Å²) in [5, 5.41) is 4.78. The van der Waals surface area contributed by atoms with Crippen LogP contribution in [0.15, 0.2) is 18.2 Å². The second-order valence-electron chi connectivity index (χ2n) is 4.21. The maximum Gasteiger partial charge on any atom is 0.131 e. The van der Waals surface area contributed by atoms with E-state index in [9.17, 15) is 4.39 Å². The predicted octanol–water partition coefficient (Wildman–Crippen LogP) is 2.56. The van der Waals surface area contributed by atoms with E-state index in [0.717, 1.165) is 11.4 Å². The van der Waals surface area contributed by atoms with Gasteiger partial charge in [-0.15, -0.1) is 0 Å². The van der Waals surface area contributed by atoms with Crippen LogP contribution in [0, 0.1) is 12.7 Å². The highest BCUT2D eigenvalue weighted by molar-refractivity contribution is 6.31. The summed E-state index contributed by atoms with van der Waals surface area (Å²) in [5.41, 5.74) is 7.70. The molecule has 0 aliphatic heterocycles. The zero-order valence-corrected chi connectivity index (χ0v) is 11.5. The molecular weight excluding hydrogens is 269 g/mol. The average molecular weight is 284 g/mol. The normalized spacial score (nSPS) is 10.8. The second-order valence-corrected chi connectivity index (χ2v) is 4.59. The highest BCUT2D eigenvalue weighted by atomic mass is 35.5. The van der Waals surface area contributed by atoms with Crippen LogP contribution in [0.5, 0.6) is 5.75 Å². The van der Waals surface area contributed by atoms with Crippen LogP contribution >= 0.6 is 11.6 Å². The molecule has 2 N–H and O–H groups in total. The Bertz CT molecular complexity index is 598. The molecule has 1 heterocycles. The van der Waals surface area contributed by atoms with Gasteiger partial charge < -0.3 is 10.5 Å². The van der Waals surface area contributed by atoms with Gasteiger partial charge in [-0.2, -0.15) is 5.10 Å². The third-order valence-electron chi connectivity index (χ3n) is 2.87. The molecule has 0 bridgehead atoms. The Kier molecular flexibility index (Phi) is 4.07. The number of nitrogens with zero attached hydrogens (tertiary/aromatic N) is 2. The van der Waals surface area contributed by atoms with Crippen LogP contribution in [0.25, 0.3) is 0 Å². The van der Waals surface area contributed by atoms with Crippen molar-refractivity contribution >= 4 is 11.6 Å². The maximum absolute atomic E-state index is 13.1. The summed E-state index contributed by atoms with van der Waals surface area (Å²) in [4.78, 5) is 0. The van der Waals surface area contributed by atoms with Gasteiger partial charge in [0.25, 0.3) is 0 Å². The molecule has 0 radical (unpaired) electrons. The summed E-state index contributed by atoms with van der Waals surface area (Å²) in [6, 6.07) is 4.27. The Morgan fingerprint density at radius 2 is 2.21 bits per heavy atom. The standard InChI is InChI=1S/C13H15ClFN3O/c1-8-13(14)11(18(2)17-8)7-19-12-4-3-10(15)5-9(12)6-16/h3-5H,6-7,16H2,1-2H3. The van der Waals surface area contributed by atoms with Crippen LogP contribution in [0.4, 0.5) is 4.39 Å². The summed E-state index contributed by atoms with van der Waals surface area (Å²) in [6.07, 6.45) is 0. The van der Waals surface area contributed by atoms with Gasteiger partial charge in [-0.3, -0.25) is 4.68 Å². The number of hydrogen-bond acceptors (Lipinski definition) is 3. The number of rotatable bonds is 4. The minimum Gasteiger partial charge on any atom is -0.487 e. The van der Waals surface area contributed by atoms with Gasteiger partial charge in [-0.05, 0) is 25.1 Å². The lowest BCUT2D eigenvalue weighted by Gasteiger charge is -2.11. The fourth-order valence-corrected chi connectivity index (χ4v) is 2.05. The van der Waals surface area contributed by atoms with Gasteiger partial charge >= 0.3 is 0 Å². The molecule has 1 aromatic carbocycles. The first-order valence-electron chi connectivity index (χ1n) is 5.82. The van der Waals surface area contributed by atoms with Crippen LogP contribution in [-0.4, -0.2) is 9.78 Å². The molecule has 0 atom stereocenters. The number of aromatic nitrogens is 2. The van der Waals surface area contributed by atoms with Crippen molar-refractivity contribution in [2.24, 2.45) is 12.8 Å². The van der Waals surface area contributed by atoms with Gasteiger partial charge in [0.1, 0.15) is 18.2 Å². The average Bonchev–Trinajstić information content (AvgIpc) is 2.62. The van der Waals surface area contributed by atoms with E-state index in [4.69, 9.17) is 22.1 Å². The van der Waals surface area contributed by atoms with Gasteiger partial charge in [-0.25, -0.2) is 4.39 Å². The molecule has 6 heteroatoms. The Morgan fingerprint density at radius 3 is 2.79 bits per heavy atom. The topological polar surface area (TPSA) is 53.1 Å². The quantitative estimate of drug-likeness (QED) is 0.938. The van der Waals surface area contributed by atoms with Crippen molar-refractivity contribution in [2.45, 2.75) is 20.1 Å². The highest BCUT2D eigenvalue weighted by Gasteiger charge is 2.12. The SMILES string of the molecule is Cc1nn(C)c(COc2ccc(F)cc2CN)c1Cl. The number of halogens is 2. The maximum atomic E-state index is 13.1.